The number of carboxylic acids is 3. The first kappa shape index (κ1) is 16.8. The summed E-state index contributed by atoms with van der Waals surface area (Å²) in [4.78, 5) is 42.8. The lowest BCUT2D eigenvalue weighted by molar-refractivity contribution is -0.143. The van der Waals surface area contributed by atoms with E-state index in [9.17, 15) is 19.2 Å². The van der Waals surface area contributed by atoms with Crippen LogP contribution in [0.15, 0.2) is 0 Å². The van der Waals surface area contributed by atoms with Gasteiger partial charge in [-0.3, -0.25) is 14.4 Å². The van der Waals surface area contributed by atoms with E-state index in [-0.39, 0.29) is 19.3 Å². The van der Waals surface area contributed by atoms with Crippen LogP contribution in [0.1, 0.15) is 25.7 Å². The van der Waals surface area contributed by atoms with Crippen molar-refractivity contribution < 1.29 is 34.5 Å². The van der Waals surface area contributed by atoms with Gasteiger partial charge >= 0.3 is 17.9 Å². The fourth-order valence-electron chi connectivity index (χ4n) is 1.20. The average molecular weight is 276 g/mol. The van der Waals surface area contributed by atoms with E-state index in [1.54, 1.807) is 0 Å². The van der Waals surface area contributed by atoms with Gasteiger partial charge in [0.25, 0.3) is 0 Å². The zero-order valence-electron chi connectivity index (χ0n) is 10.0. The van der Waals surface area contributed by atoms with Gasteiger partial charge in [0.15, 0.2) is 0 Å². The highest BCUT2D eigenvalue weighted by molar-refractivity contribution is 5.84. The minimum atomic E-state index is -1.35. The van der Waals surface area contributed by atoms with E-state index in [2.05, 4.69) is 5.32 Å². The molecule has 2 atom stereocenters. The van der Waals surface area contributed by atoms with Gasteiger partial charge in [-0.2, -0.15) is 0 Å². The number of carboxylic acid groups (broad SMARTS) is 3. The molecule has 0 aromatic heterocycles. The monoisotopic (exact) mass is 276 g/mol. The van der Waals surface area contributed by atoms with E-state index in [1.807, 2.05) is 0 Å². The molecule has 1 amide bonds. The number of nitrogens with one attached hydrogen (secondary N) is 1. The highest BCUT2D eigenvalue weighted by atomic mass is 16.4. The zero-order chi connectivity index (χ0) is 15.0. The molecule has 19 heavy (non-hydrogen) atoms. The van der Waals surface area contributed by atoms with Crippen LogP contribution >= 0.6 is 0 Å². The molecule has 0 unspecified atom stereocenters. The molecular weight excluding hydrogens is 260 g/mol. The van der Waals surface area contributed by atoms with Crippen molar-refractivity contribution in [1.29, 1.82) is 0 Å². The summed E-state index contributed by atoms with van der Waals surface area (Å²) in [6.07, 6.45) is -1.02. The Bertz CT molecular complexity index is 369. The topological polar surface area (TPSA) is 167 Å². The summed E-state index contributed by atoms with van der Waals surface area (Å²) in [6, 6.07) is -2.52. The van der Waals surface area contributed by atoms with Gasteiger partial charge in [0.2, 0.25) is 5.91 Å². The number of carbonyl (C=O) groups excluding carboxylic acids is 1. The third-order valence-electron chi connectivity index (χ3n) is 2.28. The smallest absolute Gasteiger partial charge is 0.326 e. The average Bonchev–Trinajstić information content (AvgIpc) is 2.30. The summed E-state index contributed by atoms with van der Waals surface area (Å²) in [5.41, 5.74) is 5.18. The standard InChI is InChI=1S/C10H16N2O7/c11-5(9(16)17)1-3-7(13)12-6(10(18)19)2-4-8(14)15/h5-6H,1-4,11H2,(H,12,13)(H,14,15)(H,16,17)(H,18,19)/t5-,6+/m0/s1. The van der Waals surface area contributed by atoms with Gasteiger partial charge in [-0.05, 0) is 12.8 Å². The zero-order valence-corrected chi connectivity index (χ0v) is 10.0. The van der Waals surface area contributed by atoms with Gasteiger partial charge in [0.1, 0.15) is 12.1 Å². The normalized spacial score (nSPS) is 13.3. The third-order valence-corrected chi connectivity index (χ3v) is 2.28. The second kappa shape index (κ2) is 8.03. The van der Waals surface area contributed by atoms with Gasteiger partial charge in [0, 0.05) is 12.8 Å². The molecule has 0 saturated heterocycles. The van der Waals surface area contributed by atoms with Crippen LogP contribution in [-0.2, 0) is 19.2 Å². The van der Waals surface area contributed by atoms with Crippen molar-refractivity contribution >= 4 is 23.8 Å². The lowest BCUT2D eigenvalue weighted by Crippen LogP contribution is -2.42. The lowest BCUT2D eigenvalue weighted by Gasteiger charge is -2.14. The van der Waals surface area contributed by atoms with Crippen LogP contribution in [0, 0.1) is 0 Å². The van der Waals surface area contributed by atoms with E-state index < -0.39 is 42.3 Å². The lowest BCUT2D eigenvalue weighted by atomic mass is 10.1. The molecule has 6 N–H and O–H groups in total. The van der Waals surface area contributed by atoms with Crippen molar-refractivity contribution in [3.05, 3.63) is 0 Å². The number of amides is 1. The summed E-state index contributed by atoms with van der Waals surface area (Å²) < 4.78 is 0. The molecule has 0 spiro atoms. The van der Waals surface area contributed by atoms with Crippen molar-refractivity contribution in [3.63, 3.8) is 0 Å². The quantitative estimate of drug-likeness (QED) is 0.343. The number of hydrogen-bond donors (Lipinski definition) is 5. The molecule has 0 aliphatic heterocycles. The van der Waals surface area contributed by atoms with Crippen LogP contribution in [0.5, 0.6) is 0 Å². The molecule has 9 nitrogen and oxygen atoms in total. The van der Waals surface area contributed by atoms with Crippen molar-refractivity contribution in [2.45, 2.75) is 37.8 Å². The summed E-state index contributed by atoms with van der Waals surface area (Å²) in [7, 11) is 0. The maximum atomic E-state index is 11.4. The molecule has 0 radical (unpaired) electrons. The maximum absolute atomic E-state index is 11.4. The van der Waals surface area contributed by atoms with Gasteiger partial charge in [-0.25, -0.2) is 4.79 Å². The van der Waals surface area contributed by atoms with Crippen LogP contribution in [0.2, 0.25) is 0 Å². The Labute approximate surface area is 108 Å². The van der Waals surface area contributed by atoms with E-state index >= 15 is 0 Å². The largest absolute Gasteiger partial charge is 0.481 e. The number of carbonyl (C=O) groups is 4. The minimum Gasteiger partial charge on any atom is -0.481 e. The van der Waals surface area contributed by atoms with Crippen molar-refractivity contribution in [2.24, 2.45) is 5.73 Å². The molecule has 0 bridgehead atoms. The first-order chi connectivity index (χ1) is 8.73. The molecule has 0 saturated carbocycles. The number of nitrogens with two attached hydrogens (primary N) is 1. The Hall–Kier alpha value is -2.16. The van der Waals surface area contributed by atoms with Gasteiger partial charge in [-0.15, -0.1) is 0 Å². The van der Waals surface area contributed by atoms with Crippen molar-refractivity contribution in [3.8, 4) is 0 Å². The van der Waals surface area contributed by atoms with Gasteiger partial charge in [-0.1, -0.05) is 0 Å². The van der Waals surface area contributed by atoms with E-state index in [0.29, 0.717) is 0 Å². The van der Waals surface area contributed by atoms with Gasteiger partial charge < -0.3 is 26.4 Å². The molecule has 0 aliphatic rings. The summed E-state index contributed by atoms with van der Waals surface area (Å²) in [6.45, 7) is 0. The van der Waals surface area contributed by atoms with Gasteiger partial charge in [0.05, 0.1) is 0 Å². The first-order valence-electron chi connectivity index (χ1n) is 5.46. The minimum absolute atomic E-state index is 0.133. The molecule has 0 aliphatic carbocycles. The molecule has 108 valence electrons. The molecular formula is C10H16N2O7. The number of hydrogen-bond acceptors (Lipinski definition) is 5. The Kier molecular flexibility index (Phi) is 7.12. The van der Waals surface area contributed by atoms with Crippen LogP contribution < -0.4 is 11.1 Å². The Balaban J connectivity index is 4.20. The number of rotatable bonds is 9. The van der Waals surface area contributed by atoms with Crippen LogP contribution in [0.4, 0.5) is 0 Å². The highest BCUT2D eigenvalue weighted by Crippen LogP contribution is 2.01. The third kappa shape index (κ3) is 7.71. The maximum Gasteiger partial charge on any atom is 0.326 e. The molecule has 0 heterocycles. The second-order valence-electron chi connectivity index (χ2n) is 3.87. The summed E-state index contributed by atoms with van der Waals surface area (Å²) >= 11 is 0. The Morgan fingerprint density at radius 1 is 0.947 bits per heavy atom. The predicted octanol–water partition coefficient (Wildman–Crippen LogP) is -1.39. The van der Waals surface area contributed by atoms with E-state index in [0.717, 1.165) is 0 Å². The summed E-state index contributed by atoms with van der Waals surface area (Å²) in [5, 5.41) is 27.8. The molecule has 9 heteroatoms. The molecule has 0 aromatic rings. The molecule has 0 fully saturated rings. The summed E-state index contributed by atoms with van der Waals surface area (Å²) in [5.74, 6) is -4.46. The fraction of sp³-hybridized carbons (Fsp3) is 0.600. The second-order valence-corrected chi connectivity index (χ2v) is 3.87. The van der Waals surface area contributed by atoms with Crippen LogP contribution in [0.25, 0.3) is 0 Å². The van der Waals surface area contributed by atoms with Crippen LogP contribution in [-0.4, -0.2) is 51.2 Å². The molecule has 0 rings (SSSR count). The fourth-order valence-corrected chi connectivity index (χ4v) is 1.20. The first-order valence-corrected chi connectivity index (χ1v) is 5.46. The van der Waals surface area contributed by atoms with E-state index in [1.165, 1.54) is 0 Å². The Morgan fingerprint density at radius 3 is 1.95 bits per heavy atom. The van der Waals surface area contributed by atoms with E-state index in [4.69, 9.17) is 21.1 Å². The SMILES string of the molecule is N[C@@H](CCC(=O)N[C@H](CCC(=O)O)C(=O)O)C(=O)O. The Morgan fingerprint density at radius 2 is 1.53 bits per heavy atom. The molecule has 0 aromatic carbocycles. The highest BCUT2D eigenvalue weighted by Gasteiger charge is 2.21. The van der Waals surface area contributed by atoms with Crippen LogP contribution in [0.3, 0.4) is 0 Å². The van der Waals surface area contributed by atoms with Crippen molar-refractivity contribution in [1.82, 2.24) is 5.32 Å². The van der Waals surface area contributed by atoms with Crippen molar-refractivity contribution in [2.75, 3.05) is 0 Å². The predicted molar refractivity (Wildman–Crippen MR) is 61.3 cm³/mol. The number of aliphatic carboxylic acids is 3.